The lowest BCUT2D eigenvalue weighted by Crippen LogP contribution is -1.75. The van der Waals surface area contributed by atoms with Gasteiger partial charge in [-0.15, -0.1) is 0 Å². The highest BCUT2D eigenvalue weighted by molar-refractivity contribution is 6.04. The SMILES string of the molecule is c1cc2c(-c3c[nH]c4cnccc34)c[nH]c2cn1. The number of aromatic nitrogens is 4. The zero-order chi connectivity index (χ0) is 11.9. The van der Waals surface area contributed by atoms with E-state index in [1.807, 2.05) is 49.3 Å². The molecule has 4 aromatic heterocycles. The molecule has 2 N–H and O–H groups in total. The van der Waals surface area contributed by atoms with Crippen molar-refractivity contribution in [2.75, 3.05) is 0 Å². The highest BCUT2D eigenvalue weighted by Crippen LogP contribution is 2.32. The molecule has 4 heterocycles. The summed E-state index contributed by atoms with van der Waals surface area (Å²) in [5.41, 5.74) is 4.47. The molecule has 0 bridgehead atoms. The van der Waals surface area contributed by atoms with Gasteiger partial charge in [0.05, 0.1) is 23.4 Å². The molecule has 0 radical (unpaired) electrons. The number of nitrogens with zero attached hydrogens (tertiary/aromatic N) is 2. The molecule has 0 saturated heterocycles. The van der Waals surface area contributed by atoms with E-state index in [9.17, 15) is 0 Å². The molecule has 4 rings (SSSR count). The molecular weight excluding hydrogens is 224 g/mol. The second-order valence-electron chi connectivity index (χ2n) is 4.25. The fraction of sp³-hybridized carbons (Fsp3) is 0. The summed E-state index contributed by atoms with van der Waals surface area (Å²) in [5, 5.41) is 2.37. The summed E-state index contributed by atoms with van der Waals surface area (Å²) in [4.78, 5) is 14.7. The summed E-state index contributed by atoms with van der Waals surface area (Å²) >= 11 is 0. The standard InChI is InChI=1S/C14H10N4/c1-3-15-7-13-9(1)11(5-17-13)12-6-18-14-8-16-4-2-10(12)14/h1-8,17-18H. The molecule has 86 valence electrons. The third-order valence-electron chi connectivity index (χ3n) is 3.26. The van der Waals surface area contributed by atoms with Crippen LogP contribution in [0.5, 0.6) is 0 Å². The van der Waals surface area contributed by atoms with Crippen LogP contribution in [-0.4, -0.2) is 19.9 Å². The van der Waals surface area contributed by atoms with Crippen LogP contribution in [0.4, 0.5) is 0 Å². The van der Waals surface area contributed by atoms with Gasteiger partial charge < -0.3 is 9.97 Å². The molecule has 0 atom stereocenters. The Balaban J connectivity index is 2.08. The minimum Gasteiger partial charge on any atom is -0.359 e. The summed E-state index contributed by atoms with van der Waals surface area (Å²) in [5.74, 6) is 0. The molecule has 18 heavy (non-hydrogen) atoms. The van der Waals surface area contributed by atoms with Gasteiger partial charge in [-0.2, -0.15) is 0 Å². The van der Waals surface area contributed by atoms with Gasteiger partial charge in [0.25, 0.3) is 0 Å². The minimum atomic E-state index is 1.05. The first-order valence-corrected chi connectivity index (χ1v) is 5.76. The molecule has 0 aliphatic rings. The van der Waals surface area contributed by atoms with Crippen LogP contribution in [0.2, 0.25) is 0 Å². The largest absolute Gasteiger partial charge is 0.359 e. The average molecular weight is 234 g/mol. The third-order valence-corrected chi connectivity index (χ3v) is 3.26. The van der Waals surface area contributed by atoms with Crippen LogP contribution in [0, 0.1) is 0 Å². The molecule has 0 aromatic carbocycles. The van der Waals surface area contributed by atoms with Crippen LogP contribution in [0.25, 0.3) is 32.9 Å². The molecule has 0 spiro atoms. The fourth-order valence-electron chi connectivity index (χ4n) is 2.39. The molecule has 4 heteroatoms. The molecular formula is C14H10N4. The molecule has 0 unspecified atom stereocenters. The first-order valence-electron chi connectivity index (χ1n) is 5.76. The van der Waals surface area contributed by atoms with E-state index in [-0.39, 0.29) is 0 Å². The quantitative estimate of drug-likeness (QED) is 0.531. The minimum absolute atomic E-state index is 1.05. The van der Waals surface area contributed by atoms with Gasteiger partial charge in [-0.3, -0.25) is 9.97 Å². The van der Waals surface area contributed by atoms with Crippen molar-refractivity contribution in [3.05, 3.63) is 49.3 Å². The highest BCUT2D eigenvalue weighted by Gasteiger charge is 2.10. The zero-order valence-electron chi connectivity index (χ0n) is 9.51. The van der Waals surface area contributed by atoms with E-state index in [0.29, 0.717) is 0 Å². The molecule has 4 nitrogen and oxygen atoms in total. The smallest absolute Gasteiger partial charge is 0.0646 e. The predicted octanol–water partition coefficient (Wildman–Crippen LogP) is 3.11. The van der Waals surface area contributed by atoms with Gasteiger partial charge in [0, 0.05) is 46.7 Å². The first kappa shape index (κ1) is 9.41. The van der Waals surface area contributed by atoms with E-state index in [1.165, 1.54) is 21.9 Å². The van der Waals surface area contributed by atoms with Gasteiger partial charge in [-0.05, 0) is 12.1 Å². The Hall–Kier alpha value is -2.62. The first-order chi connectivity index (χ1) is 8.93. The van der Waals surface area contributed by atoms with Gasteiger partial charge in [0.1, 0.15) is 0 Å². The molecule has 4 aromatic rings. The summed E-state index contributed by atoms with van der Waals surface area (Å²) in [6.45, 7) is 0. The predicted molar refractivity (Wildman–Crippen MR) is 71.2 cm³/mol. The van der Waals surface area contributed by atoms with Crippen molar-refractivity contribution in [3.8, 4) is 11.1 Å². The Labute approximate surface area is 103 Å². The van der Waals surface area contributed by atoms with Gasteiger partial charge in [0.15, 0.2) is 0 Å². The number of rotatable bonds is 1. The van der Waals surface area contributed by atoms with E-state index >= 15 is 0 Å². The van der Waals surface area contributed by atoms with Crippen molar-refractivity contribution in [1.82, 2.24) is 19.9 Å². The second kappa shape index (κ2) is 3.43. The van der Waals surface area contributed by atoms with E-state index < -0.39 is 0 Å². The van der Waals surface area contributed by atoms with Crippen molar-refractivity contribution >= 4 is 21.8 Å². The topological polar surface area (TPSA) is 57.4 Å². The number of hydrogen-bond donors (Lipinski definition) is 2. The van der Waals surface area contributed by atoms with Crippen LogP contribution in [0.15, 0.2) is 49.3 Å². The Bertz CT molecular complexity index is 769. The van der Waals surface area contributed by atoms with Crippen molar-refractivity contribution < 1.29 is 0 Å². The summed E-state index contributed by atoms with van der Waals surface area (Å²) in [6, 6.07) is 4.06. The van der Waals surface area contributed by atoms with Crippen molar-refractivity contribution in [2.24, 2.45) is 0 Å². The maximum absolute atomic E-state index is 4.12. The second-order valence-corrected chi connectivity index (χ2v) is 4.25. The Kier molecular flexibility index (Phi) is 1.80. The number of H-pyrrole nitrogens is 2. The fourth-order valence-corrected chi connectivity index (χ4v) is 2.39. The van der Waals surface area contributed by atoms with Crippen LogP contribution in [0.3, 0.4) is 0 Å². The molecule has 0 aliphatic heterocycles. The van der Waals surface area contributed by atoms with Crippen molar-refractivity contribution in [3.63, 3.8) is 0 Å². The van der Waals surface area contributed by atoms with Gasteiger partial charge >= 0.3 is 0 Å². The van der Waals surface area contributed by atoms with E-state index in [4.69, 9.17) is 0 Å². The summed E-state index contributed by atoms with van der Waals surface area (Å²) < 4.78 is 0. The summed E-state index contributed by atoms with van der Waals surface area (Å²) in [7, 11) is 0. The van der Waals surface area contributed by atoms with Crippen LogP contribution in [-0.2, 0) is 0 Å². The molecule has 0 amide bonds. The maximum atomic E-state index is 4.12. The Morgan fingerprint density at radius 3 is 1.72 bits per heavy atom. The zero-order valence-corrected chi connectivity index (χ0v) is 9.51. The normalized spacial score (nSPS) is 11.3. The van der Waals surface area contributed by atoms with Crippen LogP contribution >= 0.6 is 0 Å². The number of hydrogen-bond acceptors (Lipinski definition) is 2. The lowest BCUT2D eigenvalue weighted by molar-refractivity contribution is 1.34. The summed E-state index contributed by atoms with van der Waals surface area (Å²) in [6.07, 6.45) is 11.4. The monoisotopic (exact) mass is 234 g/mol. The van der Waals surface area contributed by atoms with E-state index in [1.54, 1.807) is 0 Å². The molecule has 0 saturated carbocycles. The van der Waals surface area contributed by atoms with Gasteiger partial charge in [0.2, 0.25) is 0 Å². The lowest BCUT2D eigenvalue weighted by Gasteiger charge is -1.96. The third kappa shape index (κ3) is 1.20. The van der Waals surface area contributed by atoms with E-state index in [0.717, 1.165) is 11.0 Å². The maximum Gasteiger partial charge on any atom is 0.0646 e. The average Bonchev–Trinajstić information content (AvgIpc) is 3.01. The van der Waals surface area contributed by atoms with Gasteiger partial charge in [-0.1, -0.05) is 0 Å². The Morgan fingerprint density at radius 2 is 1.22 bits per heavy atom. The molecule has 0 fully saturated rings. The number of pyridine rings is 2. The van der Waals surface area contributed by atoms with Crippen molar-refractivity contribution in [1.29, 1.82) is 0 Å². The lowest BCUT2D eigenvalue weighted by atomic mass is 10.1. The highest BCUT2D eigenvalue weighted by atomic mass is 14.7. The number of nitrogens with one attached hydrogen (secondary N) is 2. The van der Waals surface area contributed by atoms with Crippen LogP contribution in [0.1, 0.15) is 0 Å². The Morgan fingerprint density at radius 1 is 0.722 bits per heavy atom. The van der Waals surface area contributed by atoms with E-state index in [2.05, 4.69) is 19.9 Å². The van der Waals surface area contributed by atoms with Gasteiger partial charge in [-0.25, -0.2) is 0 Å². The number of fused-ring (bicyclic) bond motifs is 2. The van der Waals surface area contributed by atoms with Crippen LogP contribution < -0.4 is 0 Å². The molecule has 0 aliphatic carbocycles. The van der Waals surface area contributed by atoms with Crippen molar-refractivity contribution in [2.45, 2.75) is 0 Å². The number of aromatic amines is 2.